The van der Waals surface area contributed by atoms with Crippen LogP contribution in [0.25, 0.3) is 11.2 Å². The first-order valence-electron chi connectivity index (χ1n) is 9.12. The number of carbonyl (C=O) groups is 2. The number of H-pyrrole nitrogens is 1. The van der Waals surface area contributed by atoms with Crippen molar-refractivity contribution < 1.29 is 9.59 Å². The molecule has 2 N–H and O–H groups in total. The molecule has 1 aliphatic carbocycles. The molecule has 0 aromatic carbocycles. The van der Waals surface area contributed by atoms with Gasteiger partial charge in [0.1, 0.15) is 5.52 Å². The maximum absolute atomic E-state index is 12.4. The van der Waals surface area contributed by atoms with E-state index < -0.39 is 0 Å². The maximum Gasteiger partial charge on any atom is 0.255 e. The van der Waals surface area contributed by atoms with Crippen molar-refractivity contribution in [2.75, 3.05) is 19.6 Å². The quantitative estimate of drug-likeness (QED) is 0.786. The summed E-state index contributed by atoms with van der Waals surface area (Å²) >= 11 is 0. The summed E-state index contributed by atoms with van der Waals surface area (Å²) in [6.45, 7) is 2.24. The number of aromatic nitrogens is 3. The molecular formula is C18H23N5O2. The van der Waals surface area contributed by atoms with E-state index in [4.69, 9.17) is 0 Å². The Morgan fingerprint density at radius 1 is 1.28 bits per heavy atom. The Balaban J connectivity index is 1.32. The molecule has 1 saturated carbocycles. The molecule has 2 fully saturated rings. The van der Waals surface area contributed by atoms with Gasteiger partial charge in [0, 0.05) is 38.2 Å². The average Bonchev–Trinajstić information content (AvgIpc) is 3.16. The third-order valence-electron chi connectivity index (χ3n) is 4.95. The fraction of sp³-hybridized carbons (Fsp3) is 0.556. The van der Waals surface area contributed by atoms with Gasteiger partial charge in [0.25, 0.3) is 5.91 Å². The third kappa shape index (κ3) is 3.50. The molecule has 2 aromatic heterocycles. The fourth-order valence-electron chi connectivity index (χ4n) is 3.32. The molecule has 0 unspecified atom stereocenters. The molecule has 1 aliphatic heterocycles. The van der Waals surface area contributed by atoms with Crippen LogP contribution in [0.4, 0.5) is 0 Å². The van der Waals surface area contributed by atoms with Crippen LogP contribution in [0.3, 0.4) is 0 Å². The van der Waals surface area contributed by atoms with Gasteiger partial charge >= 0.3 is 0 Å². The van der Waals surface area contributed by atoms with Crippen LogP contribution in [0.2, 0.25) is 0 Å². The normalized spacial score (nSPS) is 17.2. The minimum Gasteiger partial charge on any atom is -0.352 e. The topological polar surface area (TPSA) is 91.0 Å². The second kappa shape index (κ2) is 6.82. The first-order valence-corrected chi connectivity index (χ1v) is 9.12. The van der Waals surface area contributed by atoms with Gasteiger partial charge in [0.05, 0.1) is 17.5 Å². The summed E-state index contributed by atoms with van der Waals surface area (Å²) < 4.78 is 0. The Hall–Kier alpha value is -2.44. The number of carbonyl (C=O) groups excluding carboxylic acids is 2. The fourth-order valence-corrected chi connectivity index (χ4v) is 3.32. The van der Waals surface area contributed by atoms with Crippen LogP contribution in [-0.2, 0) is 4.79 Å². The lowest BCUT2D eigenvalue weighted by Gasteiger charge is -2.14. The number of hydrogen-bond acceptors (Lipinski definition) is 4. The van der Waals surface area contributed by atoms with Crippen LogP contribution >= 0.6 is 0 Å². The first-order chi connectivity index (χ1) is 12.2. The van der Waals surface area contributed by atoms with Crippen molar-refractivity contribution in [3.8, 4) is 0 Å². The summed E-state index contributed by atoms with van der Waals surface area (Å²) in [5.74, 6) is 0.528. The molecule has 0 bridgehead atoms. The van der Waals surface area contributed by atoms with Crippen molar-refractivity contribution in [2.24, 2.45) is 0 Å². The lowest BCUT2D eigenvalue weighted by Crippen LogP contribution is -2.29. The monoisotopic (exact) mass is 341 g/mol. The number of aromatic amines is 1. The summed E-state index contributed by atoms with van der Waals surface area (Å²) in [5, 5.41) is 2.89. The molecule has 0 spiro atoms. The number of rotatable bonds is 6. The van der Waals surface area contributed by atoms with Gasteiger partial charge in [0.15, 0.2) is 5.65 Å². The molecule has 1 saturated heterocycles. The first kappa shape index (κ1) is 16.1. The van der Waals surface area contributed by atoms with E-state index in [1.165, 1.54) is 0 Å². The van der Waals surface area contributed by atoms with Gasteiger partial charge in [-0.15, -0.1) is 0 Å². The van der Waals surface area contributed by atoms with Crippen molar-refractivity contribution >= 4 is 23.0 Å². The highest BCUT2D eigenvalue weighted by molar-refractivity contribution is 6.04. The average molecular weight is 341 g/mol. The molecule has 0 radical (unpaired) electrons. The number of amides is 2. The number of likely N-dealkylation sites (tertiary alicyclic amines) is 1. The van der Waals surface area contributed by atoms with Crippen molar-refractivity contribution in [3.63, 3.8) is 0 Å². The zero-order valence-corrected chi connectivity index (χ0v) is 14.3. The minimum atomic E-state index is -0.165. The highest BCUT2D eigenvalue weighted by atomic mass is 16.2. The van der Waals surface area contributed by atoms with Gasteiger partial charge in [0.2, 0.25) is 5.91 Å². The summed E-state index contributed by atoms with van der Waals surface area (Å²) in [4.78, 5) is 38.3. The molecule has 7 heteroatoms. The predicted molar refractivity (Wildman–Crippen MR) is 93.2 cm³/mol. The Morgan fingerprint density at radius 2 is 2.08 bits per heavy atom. The van der Waals surface area contributed by atoms with Crippen LogP contribution in [-0.4, -0.2) is 51.3 Å². The molecule has 4 rings (SSSR count). The smallest absolute Gasteiger partial charge is 0.255 e. The number of nitrogens with one attached hydrogen (secondary N) is 2. The van der Waals surface area contributed by atoms with Gasteiger partial charge in [-0.05, 0) is 32.1 Å². The van der Waals surface area contributed by atoms with Gasteiger partial charge in [-0.2, -0.15) is 0 Å². The molecule has 3 heterocycles. The lowest BCUT2D eigenvalue weighted by atomic mass is 10.2. The van der Waals surface area contributed by atoms with Crippen LogP contribution < -0.4 is 5.32 Å². The third-order valence-corrected chi connectivity index (χ3v) is 4.95. The summed E-state index contributed by atoms with van der Waals surface area (Å²) in [6.07, 6.45) is 9.10. The van der Waals surface area contributed by atoms with E-state index in [1.807, 2.05) is 4.90 Å². The van der Waals surface area contributed by atoms with Gasteiger partial charge in [-0.3, -0.25) is 9.59 Å². The SMILES string of the molecule is O=C(NCCCC(=O)N1CCCC1)c1c[nH]c2ncc(C3CC3)nc12. The van der Waals surface area contributed by atoms with Crippen molar-refractivity contribution in [2.45, 2.75) is 44.4 Å². The highest BCUT2D eigenvalue weighted by Gasteiger charge is 2.26. The van der Waals surface area contributed by atoms with Crippen LogP contribution in [0.15, 0.2) is 12.4 Å². The van der Waals surface area contributed by atoms with Crippen LogP contribution in [0.1, 0.15) is 60.5 Å². The lowest BCUT2D eigenvalue weighted by molar-refractivity contribution is -0.130. The Labute approximate surface area is 146 Å². The second-order valence-corrected chi connectivity index (χ2v) is 6.92. The van der Waals surface area contributed by atoms with Crippen molar-refractivity contribution in [1.29, 1.82) is 0 Å². The summed E-state index contributed by atoms with van der Waals surface area (Å²) in [7, 11) is 0. The minimum absolute atomic E-state index is 0.165. The van der Waals surface area contributed by atoms with E-state index >= 15 is 0 Å². The molecule has 2 aliphatic rings. The zero-order chi connectivity index (χ0) is 17.2. The second-order valence-electron chi connectivity index (χ2n) is 6.92. The summed E-state index contributed by atoms with van der Waals surface area (Å²) in [6, 6.07) is 0. The molecule has 132 valence electrons. The molecular weight excluding hydrogens is 318 g/mol. The van der Waals surface area contributed by atoms with Crippen molar-refractivity contribution in [3.05, 3.63) is 23.7 Å². The van der Waals surface area contributed by atoms with E-state index in [0.29, 0.717) is 42.0 Å². The molecule has 25 heavy (non-hydrogen) atoms. The van der Waals surface area contributed by atoms with Crippen LogP contribution in [0, 0.1) is 0 Å². The molecule has 2 amide bonds. The van der Waals surface area contributed by atoms with E-state index in [-0.39, 0.29) is 11.8 Å². The number of fused-ring (bicyclic) bond motifs is 1. The van der Waals surface area contributed by atoms with E-state index in [1.54, 1.807) is 12.4 Å². The van der Waals surface area contributed by atoms with E-state index in [0.717, 1.165) is 44.5 Å². The molecule has 0 atom stereocenters. The Kier molecular flexibility index (Phi) is 4.38. The largest absolute Gasteiger partial charge is 0.352 e. The molecule has 7 nitrogen and oxygen atoms in total. The van der Waals surface area contributed by atoms with Crippen LogP contribution in [0.5, 0.6) is 0 Å². The van der Waals surface area contributed by atoms with E-state index in [9.17, 15) is 9.59 Å². The van der Waals surface area contributed by atoms with Gasteiger partial charge in [-0.1, -0.05) is 0 Å². The number of nitrogens with zero attached hydrogens (tertiary/aromatic N) is 3. The van der Waals surface area contributed by atoms with E-state index in [2.05, 4.69) is 20.3 Å². The zero-order valence-electron chi connectivity index (χ0n) is 14.3. The standard InChI is InChI=1S/C18H23N5O2/c24-15(23-8-1-2-9-23)4-3-7-19-18(25)13-10-20-17-16(13)22-14(11-21-17)12-5-6-12/h10-12H,1-9H2,(H,19,25)(H,20,21). The molecule has 2 aromatic rings. The van der Waals surface area contributed by atoms with Gasteiger partial charge < -0.3 is 15.2 Å². The maximum atomic E-state index is 12.4. The summed E-state index contributed by atoms with van der Waals surface area (Å²) in [5.41, 5.74) is 2.77. The van der Waals surface area contributed by atoms with Gasteiger partial charge in [-0.25, -0.2) is 9.97 Å². The predicted octanol–water partition coefficient (Wildman–Crippen LogP) is 1.97. The highest BCUT2D eigenvalue weighted by Crippen LogP contribution is 2.39. The Bertz CT molecular complexity index is 790. The Morgan fingerprint density at radius 3 is 2.84 bits per heavy atom. The van der Waals surface area contributed by atoms with Crippen molar-refractivity contribution in [1.82, 2.24) is 25.2 Å². The number of hydrogen-bond donors (Lipinski definition) is 2.